The number of carbonyl (C=O) groups excluding carboxylic acids is 1. The zero-order chi connectivity index (χ0) is 33.0. The van der Waals surface area contributed by atoms with Crippen molar-refractivity contribution < 1.29 is 39.9 Å². The Balaban J connectivity index is 1.45. The van der Waals surface area contributed by atoms with Crippen molar-refractivity contribution in [3.05, 3.63) is 90.0 Å². The van der Waals surface area contributed by atoms with Gasteiger partial charge in [0.1, 0.15) is 34.4 Å². The first-order valence-electron chi connectivity index (χ1n) is 14.3. The summed E-state index contributed by atoms with van der Waals surface area (Å²) in [4.78, 5) is 18.0. The second kappa shape index (κ2) is 11.5. The van der Waals surface area contributed by atoms with Gasteiger partial charge in [-0.15, -0.1) is 0 Å². The number of alkyl halides is 2. The van der Waals surface area contributed by atoms with E-state index in [1.54, 1.807) is 34.9 Å². The SMILES string of the molecule is CNC(=O)c1c(-c2ccc(F)cc2)oc2cc(NS(=O)(=O)CCC(F)F)c(-c3ccc4c(n3)-c3cc5c(F)cccc5n3CO4)cc12. The maximum absolute atomic E-state index is 14.7. The molecule has 9 nitrogen and oxygen atoms in total. The molecule has 1 amide bonds. The topological polar surface area (TPSA) is 115 Å². The predicted molar refractivity (Wildman–Crippen MR) is 168 cm³/mol. The first-order chi connectivity index (χ1) is 22.5. The Kier molecular flexibility index (Phi) is 7.38. The smallest absolute Gasteiger partial charge is 0.255 e. The fourth-order valence-corrected chi connectivity index (χ4v) is 6.77. The van der Waals surface area contributed by atoms with Crippen LogP contribution in [0.15, 0.2) is 77.2 Å². The second-order valence-electron chi connectivity index (χ2n) is 10.8. The predicted octanol–water partition coefficient (Wildman–Crippen LogP) is 7.17. The molecule has 3 aromatic carbocycles. The van der Waals surface area contributed by atoms with Crippen molar-refractivity contribution in [3.63, 3.8) is 0 Å². The van der Waals surface area contributed by atoms with Gasteiger partial charge in [-0.3, -0.25) is 9.52 Å². The minimum atomic E-state index is -4.29. The maximum atomic E-state index is 14.7. The van der Waals surface area contributed by atoms with E-state index in [-0.39, 0.29) is 46.0 Å². The van der Waals surface area contributed by atoms with E-state index in [9.17, 15) is 30.8 Å². The van der Waals surface area contributed by atoms with Crippen molar-refractivity contribution in [2.24, 2.45) is 0 Å². The van der Waals surface area contributed by atoms with E-state index in [1.165, 1.54) is 49.5 Å². The van der Waals surface area contributed by atoms with E-state index in [0.717, 1.165) is 0 Å². The Morgan fingerprint density at radius 3 is 2.55 bits per heavy atom. The van der Waals surface area contributed by atoms with Crippen LogP contribution >= 0.6 is 0 Å². The molecule has 1 aliphatic rings. The van der Waals surface area contributed by atoms with Gasteiger partial charge in [0.2, 0.25) is 16.4 Å². The fraction of sp³-hybridized carbons (Fsp3) is 0.152. The first-order valence-corrected chi connectivity index (χ1v) is 16.0. The lowest BCUT2D eigenvalue weighted by Gasteiger charge is -2.21. The van der Waals surface area contributed by atoms with E-state index in [4.69, 9.17) is 14.1 Å². The molecule has 0 saturated heterocycles. The number of nitrogens with zero attached hydrogens (tertiary/aromatic N) is 2. The third-order valence-electron chi connectivity index (χ3n) is 7.88. The second-order valence-corrected chi connectivity index (χ2v) is 12.7. The molecule has 0 fully saturated rings. The number of rotatable bonds is 8. The Morgan fingerprint density at radius 1 is 1.02 bits per heavy atom. The molecule has 47 heavy (non-hydrogen) atoms. The number of hydrogen-bond donors (Lipinski definition) is 2. The van der Waals surface area contributed by atoms with Gasteiger partial charge in [-0.25, -0.2) is 31.0 Å². The normalized spacial score (nSPS) is 12.6. The largest absolute Gasteiger partial charge is 0.470 e. The Hall–Kier alpha value is -5.37. The highest BCUT2D eigenvalue weighted by Crippen LogP contribution is 2.43. The lowest BCUT2D eigenvalue weighted by atomic mass is 10.0. The van der Waals surface area contributed by atoms with Crippen molar-refractivity contribution in [3.8, 4) is 39.7 Å². The van der Waals surface area contributed by atoms with E-state index in [2.05, 4.69) is 10.0 Å². The minimum absolute atomic E-state index is 0.0506. The van der Waals surface area contributed by atoms with Crippen LogP contribution in [-0.2, 0) is 16.8 Å². The first kappa shape index (κ1) is 30.3. The number of furan rings is 1. The number of ether oxygens (including phenoxy) is 1. The lowest BCUT2D eigenvalue weighted by molar-refractivity contribution is 0.0964. The zero-order valence-corrected chi connectivity index (χ0v) is 25.3. The van der Waals surface area contributed by atoms with Crippen LogP contribution in [0.2, 0.25) is 0 Å². The number of anilines is 1. The summed E-state index contributed by atoms with van der Waals surface area (Å²) in [5.74, 6) is -1.82. The van der Waals surface area contributed by atoms with Gasteiger partial charge in [0.05, 0.1) is 33.9 Å². The summed E-state index contributed by atoms with van der Waals surface area (Å²) in [6.45, 7) is 0.105. The molecule has 240 valence electrons. The number of benzene rings is 3. The molecule has 1 aliphatic heterocycles. The quantitative estimate of drug-likeness (QED) is 0.167. The van der Waals surface area contributed by atoms with Crippen molar-refractivity contribution in [2.75, 3.05) is 17.5 Å². The summed E-state index contributed by atoms with van der Waals surface area (Å²) in [5.41, 5.74) is 2.44. The van der Waals surface area contributed by atoms with Crippen LogP contribution in [-0.4, -0.2) is 43.1 Å². The van der Waals surface area contributed by atoms with Crippen LogP contribution in [0.5, 0.6) is 5.75 Å². The number of fused-ring (bicyclic) bond motifs is 6. The molecule has 4 heterocycles. The summed E-state index contributed by atoms with van der Waals surface area (Å²) >= 11 is 0. The van der Waals surface area contributed by atoms with Crippen LogP contribution in [0.4, 0.5) is 23.2 Å². The molecule has 2 N–H and O–H groups in total. The molecule has 3 aromatic heterocycles. The summed E-state index contributed by atoms with van der Waals surface area (Å²) in [5, 5.41) is 3.21. The Morgan fingerprint density at radius 2 is 1.81 bits per heavy atom. The number of halogens is 4. The lowest BCUT2D eigenvalue weighted by Crippen LogP contribution is -2.19. The molecular weight excluding hydrogens is 640 g/mol. The number of hydrogen-bond acceptors (Lipinski definition) is 6. The number of amides is 1. The van der Waals surface area contributed by atoms with Crippen molar-refractivity contribution in [1.82, 2.24) is 14.9 Å². The molecule has 0 saturated carbocycles. The van der Waals surface area contributed by atoms with Gasteiger partial charge in [-0.2, -0.15) is 0 Å². The minimum Gasteiger partial charge on any atom is -0.470 e. The maximum Gasteiger partial charge on any atom is 0.255 e. The van der Waals surface area contributed by atoms with Gasteiger partial charge < -0.3 is 19.0 Å². The average Bonchev–Trinajstić information content (AvgIpc) is 3.62. The molecule has 0 atom stereocenters. The van der Waals surface area contributed by atoms with Crippen LogP contribution in [0.25, 0.3) is 55.8 Å². The average molecular weight is 665 g/mol. The van der Waals surface area contributed by atoms with Gasteiger partial charge in [-0.1, -0.05) is 6.07 Å². The summed E-state index contributed by atoms with van der Waals surface area (Å²) in [6, 6.07) is 17.7. The van der Waals surface area contributed by atoms with E-state index < -0.39 is 46.2 Å². The molecular formula is C33H24F4N4O5S. The van der Waals surface area contributed by atoms with Gasteiger partial charge in [0.15, 0.2) is 6.73 Å². The van der Waals surface area contributed by atoms with Crippen molar-refractivity contribution >= 4 is 43.5 Å². The van der Waals surface area contributed by atoms with Crippen molar-refractivity contribution in [2.45, 2.75) is 19.6 Å². The molecule has 7 rings (SSSR count). The monoisotopic (exact) mass is 664 g/mol. The highest BCUT2D eigenvalue weighted by Gasteiger charge is 2.27. The Labute approximate surface area is 264 Å². The molecule has 14 heteroatoms. The van der Waals surface area contributed by atoms with Crippen LogP contribution in [0, 0.1) is 11.6 Å². The summed E-state index contributed by atoms with van der Waals surface area (Å²) in [7, 11) is -2.86. The molecule has 0 aliphatic carbocycles. The number of nitrogens with one attached hydrogen (secondary N) is 2. The molecule has 0 spiro atoms. The van der Waals surface area contributed by atoms with E-state index >= 15 is 0 Å². The molecule has 0 radical (unpaired) electrons. The standard InChI is InChI=1S/C33H24F4N4O5S/c1-38-33(42)30-21-13-20(23-9-10-27-31(39-23)26-14-19-22(35)3-2-4-25(19)41(26)16-45-27)24(40-47(43,44)12-11-29(36)37)15-28(21)46-32(30)17-5-7-18(34)8-6-17/h2-10,13-15,29,40H,11-12,16H2,1H3,(H,38,42). The van der Waals surface area contributed by atoms with E-state index in [0.29, 0.717) is 33.6 Å². The van der Waals surface area contributed by atoms with Crippen LogP contribution in [0.1, 0.15) is 16.8 Å². The van der Waals surface area contributed by atoms with E-state index in [1.807, 2.05) is 0 Å². The number of carbonyl (C=O) groups is 1. The molecule has 0 bridgehead atoms. The highest BCUT2D eigenvalue weighted by atomic mass is 32.2. The van der Waals surface area contributed by atoms with Gasteiger partial charge >= 0.3 is 0 Å². The van der Waals surface area contributed by atoms with Crippen LogP contribution < -0.4 is 14.8 Å². The number of pyridine rings is 1. The third-order valence-corrected chi connectivity index (χ3v) is 9.18. The number of sulfonamides is 1. The molecule has 0 unspecified atom stereocenters. The summed E-state index contributed by atoms with van der Waals surface area (Å²) in [6.07, 6.45) is -3.73. The zero-order valence-electron chi connectivity index (χ0n) is 24.5. The molecule has 6 aromatic rings. The fourth-order valence-electron chi connectivity index (χ4n) is 5.67. The van der Waals surface area contributed by atoms with Gasteiger partial charge in [0.25, 0.3) is 5.91 Å². The van der Waals surface area contributed by atoms with Gasteiger partial charge in [0, 0.05) is 41.4 Å². The summed E-state index contributed by atoms with van der Waals surface area (Å²) < 4.78 is 96.4. The number of aromatic nitrogens is 2. The van der Waals surface area contributed by atoms with Crippen LogP contribution in [0.3, 0.4) is 0 Å². The Bertz CT molecular complexity index is 2320. The van der Waals surface area contributed by atoms with Crippen molar-refractivity contribution in [1.29, 1.82) is 0 Å². The third kappa shape index (κ3) is 5.43. The van der Waals surface area contributed by atoms with Gasteiger partial charge in [-0.05, 0) is 60.7 Å². The highest BCUT2D eigenvalue weighted by molar-refractivity contribution is 7.92.